The largest absolute Gasteiger partial charge is 0.306 e. The fourth-order valence-electron chi connectivity index (χ4n) is 3.09. The van der Waals surface area contributed by atoms with Crippen molar-refractivity contribution >= 4 is 44.9 Å². The van der Waals surface area contributed by atoms with Crippen LogP contribution in [-0.4, -0.2) is 40.3 Å². The lowest BCUT2D eigenvalue weighted by Crippen LogP contribution is -2.31. The Morgan fingerprint density at radius 3 is 2.72 bits per heavy atom. The summed E-state index contributed by atoms with van der Waals surface area (Å²) in [5.74, 6) is 0. The van der Waals surface area contributed by atoms with Crippen LogP contribution in [0.25, 0.3) is 21.3 Å². The smallest absolute Gasteiger partial charge is 0.260 e. The van der Waals surface area contributed by atoms with E-state index < -0.39 is 0 Å². The van der Waals surface area contributed by atoms with Crippen LogP contribution < -0.4 is 5.56 Å². The molecule has 7 heteroatoms. The molecule has 1 aromatic carbocycles. The maximum atomic E-state index is 12.7. The second-order valence-electron chi connectivity index (χ2n) is 6.33. The Bertz CT molecular complexity index is 943. The molecule has 130 valence electrons. The average Bonchev–Trinajstić information content (AvgIpc) is 3.02. The Morgan fingerprint density at radius 2 is 2.00 bits per heavy atom. The molecule has 0 atom stereocenters. The van der Waals surface area contributed by atoms with Gasteiger partial charge in [-0.15, -0.1) is 11.3 Å². The zero-order chi connectivity index (χ0) is 17.4. The standard InChI is InChI=1S/C18H18ClN3OS2/c1-22-8-6-13(7-9-22)25-18-20-16(23)15-14(10-24-17(15)21-18)11-2-4-12(19)5-3-11/h2-5,10,13H,6-9H2,1H3,(H,20,21,23). The first-order valence-electron chi connectivity index (χ1n) is 8.23. The van der Waals surface area contributed by atoms with Crippen LogP contribution in [0.5, 0.6) is 0 Å². The molecule has 1 fully saturated rings. The Kier molecular flexibility index (Phi) is 4.86. The molecule has 0 amide bonds. The van der Waals surface area contributed by atoms with Crippen molar-refractivity contribution in [2.24, 2.45) is 0 Å². The van der Waals surface area contributed by atoms with Gasteiger partial charge >= 0.3 is 0 Å². The molecule has 4 nitrogen and oxygen atoms in total. The lowest BCUT2D eigenvalue weighted by Gasteiger charge is -2.27. The van der Waals surface area contributed by atoms with Crippen LogP contribution in [0.4, 0.5) is 0 Å². The minimum Gasteiger partial charge on any atom is -0.306 e. The summed E-state index contributed by atoms with van der Waals surface area (Å²) in [7, 11) is 2.15. The normalized spacial score (nSPS) is 16.6. The van der Waals surface area contributed by atoms with Crippen molar-refractivity contribution in [3.8, 4) is 11.1 Å². The predicted octanol–water partition coefficient (Wildman–Crippen LogP) is 4.49. The summed E-state index contributed by atoms with van der Waals surface area (Å²) in [6, 6.07) is 7.55. The van der Waals surface area contributed by atoms with E-state index in [0.717, 1.165) is 47.0 Å². The van der Waals surface area contributed by atoms with Gasteiger partial charge in [-0.1, -0.05) is 35.5 Å². The van der Waals surface area contributed by atoms with Gasteiger partial charge in [0.25, 0.3) is 5.56 Å². The van der Waals surface area contributed by atoms with Gasteiger partial charge in [-0.05, 0) is 50.7 Å². The molecule has 2 aromatic heterocycles. The third kappa shape index (κ3) is 3.62. The van der Waals surface area contributed by atoms with Crippen molar-refractivity contribution in [1.29, 1.82) is 0 Å². The molecule has 1 N–H and O–H groups in total. The molecule has 0 aliphatic carbocycles. The second-order valence-corrected chi connectivity index (χ2v) is 8.91. The maximum Gasteiger partial charge on any atom is 0.260 e. The number of thioether (sulfide) groups is 1. The summed E-state index contributed by atoms with van der Waals surface area (Å²) < 4.78 is 0. The van der Waals surface area contributed by atoms with E-state index >= 15 is 0 Å². The van der Waals surface area contributed by atoms with Gasteiger partial charge in [0.15, 0.2) is 5.16 Å². The van der Waals surface area contributed by atoms with Crippen LogP contribution in [0.15, 0.2) is 39.6 Å². The van der Waals surface area contributed by atoms with Gasteiger partial charge in [-0.2, -0.15) is 0 Å². The minimum atomic E-state index is -0.0633. The Hall–Kier alpha value is -1.34. The molecule has 3 aromatic rings. The van der Waals surface area contributed by atoms with E-state index in [1.165, 1.54) is 11.3 Å². The molecule has 0 spiro atoms. The number of hydrogen-bond acceptors (Lipinski definition) is 5. The van der Waals surface area contributed by atoms with Gasteiger partial charge in [0.1, 0.15) is 4.83 Å². The zero-order valence-corrected chi connectivity index (χ0v) is 16.2. The SMILES string of the molecule is CN1CCC(Sc2nc3scc(-c4ccc(Cl)cc4)c3c(=O)[nH]2)CC1. The number of hydrogen-bond donors (Lipinski definition) is 1. The molecule has 0 saturated carbocycles. The quantitative estimate of drug-likeness (QED) is 0.668. The van der Waals surface area contributed by atoms with Crippen LogP contribution >= 0.6 is 34.7 Å². The number of piperidine rings is 1. The Morgan fingerprint density at radius 1 is 1.28 bits per heavy atom. The van der Waals surface area contributed by atoms with Crippen LogP contribution in [-0.2, 0) is 0 Å². The fourth-order valence-corrected chi connectivity index (χ4v) is 5.28. The maximum absolute atomic E-state index is 12.7. The monoisotopic (exact) mass is 391 g/mol. The van der Waals surface area contributed by atoms with Crippen molar-refractivity contribution in [2.75, 3.05) is 20.1 Å². The van der Waals surface area contributed by atoms with Gasteiger partial charge in [0.2, 0.25) is 0 Å². The molecule has 1 aliphatic heterocycles. The van der Waals surface area contributed by atoms with Crippen LogP contribution in [0, 0.1) is 0 Å². The Labute approximate surface area is 159 Å². The third-order valence-corrected chi connectivity index (χ3v) is 6.87. The van der Waals surface area contributed by atoms with Crippen LogP contribution in [0.2, 0.25) is 5.02 Å². The second kappa shape index (κ2) is 7.11. The fraction of sp³-hybridized carbons (Fsp3) is 0.333. The van der Waals surface area contributed by atoms with Crippen molar-refractivity contribution in [1.82, 2.24) is 14.9 Å². The number of rotatable bonds is 3. The highest BCUT2D eigenvalue weighted by molar-refractivity contribution is 7.99. The summed E-state index contributed by atoms with van der Waals surface area (Å²) >= 11 is 9.18. The summed E-state index contributed by atoms with van der Waals surface area (Å²) in [5, 5.41) is 4.61. The topological polar surface area (TPSA) is 49.0 Å². The average molecular weight is 392 g/mol. The van der Waals surface area contributed by atoms with Crippen molar-refractivity contribution in [3.05, 3.63) is 45.0 Å². The summed E-state index contributed by atoms with van der Waals surface area (Å²) in [5.41, 5.74) is 1.84. The highest BCUT2D eigenvalue weighted by atomic mass is 35.5. The van der Waals surface area contributed by atoms with E-state index in [2.05, 4.69) is 16.9 Å². The summed E-state index contributed by atoms with van der Waals surface area (Å²) in [6.07, 6.45) is 2.26. The van der Waals surface area contributed by atoms with Gasteiger partial charge < -0.3 is 9.88 Å². The molecule has 3 heterocycles. The number of fused-ring (bicyclic) bond motifs is 1. The number of H-pyrrole nitrogens is 1. The van der Waals surface area contributed by atoms with Crippen LogP contribution in [0.3, 0.4) is 0 Å². The molecule has 1 saturated heterocycles. The van der Waals surface area contributed by atoms with E-state index in [1.54, 1.807) is 11.8 Å². The van der Waals surface area contributed by atoms with Crippen molar-refractivity contribution < 1.29 is 0 Å². The highest BCUT2D eigenvalue weighted by Crippen LogP contribution is 2.33. The number of thiophene rings is 1. The van der Waals surface area contributed by atoms with E-state index in [-0.39, 0.29) is 5.56 Å². The van der Waals surface area contributed by atoms with E-state index in [0.29, 0.717) is 15.7 Å². The predicted molar refractivity (Wildman–Crippen MR) is 107 cm³/mol. The Balaban J connectivity index is 1.65. The molecule has 25 heavy (non-hydrogen) atoms. The molecule has 0 unspecified atom stereocenters. The molecular formula is C18H18ClN3OS2. The first kappa shape index (κ1) is 17.1. The van der Waals surface area contributed by atoms with Crippen molar-refractivity contribution in [2.45, 2.75) is 23.2 Å². The van der Waals surface area contributed by atoms with Gasteiger partial charge in [0, 0.05) is 21.2 Å². The van der Waals surface area contributed by atoms with E-state index in [9.17, 15) is 4.79 Å². The number of aromatic nitrogens is 2. The lowest BCUT2D eigenvalue weighted by molar-refractivity contribution is 0.282. The zero-order valence-electron chi connectivity index (χ0n) is 13.8. The number of halogens is 1. The number of aromatic amines is 1. The van der Waals surface area contributed by atoms with Gasteiger partial charge in [-0.25, -0.2) is 4.98 Å². The van der Waals surface area contributed by atoms with E-state index in [4.69, 9.17) is 16.6 Å². The molecule has 0 radical (unpaired) electrons. The van der Waals surface area contributed by atoms with Gasteiger partial charge in [-0.3, -0.25) is 4.79 Å². The third-order valence-electron chi connectivity index (χ3n) is 4.52. The summed E-state index contributed by atoms with van der Waals surface area (Å²) in [4.78, 5) is 23.5. The first-order valence-corrected chi connectivity index (χ1v) is 10.4. The molecular weight excluding hydrogens is 374 g/mol. The molecule has 0 bridgehead atoms. The first-order chi connectivity index (χ1) is 12.1. The number of nitrogens with one attached hydrogen (secondary N) is 1. The van der Waals surface area contributed by atoms with Gasteiger partial charge in [0.05, 0.1) is 5.39 Å². The van der Waals surface area contributed by atoms with Crippen LogP contribution in [0.1, 0.15) is 12.8 Å². The number of nitrogens with zero attached hydrogens (tertiary/aromatic N) is 2. The number of benzene rings is 1. The minimum absolute atomic E-state index is 0.0633. The highest BCUT2D eigenvalue weighted by Gasteiger charge is 2.20. The van der Waals surface area contributed by atoms with E-state index in [1.807, 2.05) is 29.6 Å². The lowest BCUT2D eigenvalue weighted by atomic mass is 10.1. The molecule has 4 rings (SSSR count). The number of likely N-dealkylation sites (tertiary alicyclic amines) is 1. The van der Waals surface area contributed by atoms with Crippen molar-refractivity contribution in [3.63, 3.8) is 0 Å². The summed E-state index contributed by atoms with van der Waals surface area (Å²) in [6.45, 7) is 2.20. The molecule has 1 aliphatic rings.